The van der Waals surface area contributed by atoms with Crippen molar-refractivity contribution in [1.29, 1.82) is 5.26 Å². The van der Waals surface area contributed by atoms with Crippen LogP contribution in [-0.2, 0) is 9.84 Å². The summed E-state index contributed by atoms with van der Waals surface area (Å²) in [6.07, 6.45) is 1.09. The first-order valence-corrected chi connectivity index (χ1v) is 7.66. The molecule has 1 aliphatic rings. The van der Waals surface area contributed by atoms with Gasteiger partial charge in [0, 0.05) is 17.2 Å². The van der Waals surface area contributed by atoms with Gasteiger partial charge in [0.2, 0.25) is 0 Å². The molecule has 1 saturated carbocycles. The van der Waals surface area contributed by atoms with Gasteiger partial charge in [-0.2, -0.15) is 5.26 Å². The molecule has 1 aromatic carbocycles. The Kier molecular flexibility index (Phi) is 3.14. The Morgan fingerprint density at radius 2 is 2.22 bits per heavy atom. The van der Waals surface area contributed by atoms with E-state index in [0.717, 1.165) is 6.26 Å². The highest BCUT2D eigenvalue weighted by Gasteiger charge is 2.70. The Labute approximate surface area is 111 Å². The van der Waals surface area contributed by atoms with Crippen LogP contribution in [0.3, 0.4) is 0 Å². The first kappa shape index (κ1) is 13.3. The minimum absolute atomic E-state index is 0.474. The van der Waals surface area contributed by atoms with E-state index in [9.17, 15) is 18.8 Å². The van der Waals surface area contributed by atoms with E-state index in [1.165, 1.54) is 0 Å². The maximum Gasteiger partial charge on any atom is 0.152 e. The fourth-order valence-electron chi connectivity index (χ4n) is 2.56. The number of aliphatic hydroxyl groups excluding tert-OH is 1. The number of nitriles is 1. The van der Waals surface area contributed by atoms with E-state index in [1.807, 2.05) is 6.07 Å². The third-order valence-corrected chi connectivity index (χ3v) is 5.25. The third-order valence-electron chi connectivity index (χ3n) is 3.40. The van der Waals surface area contributed by atoms with Gasteiger partial charge in [-0.15, -0.1) is 0 Å². The minimum atomic E-state index is -3.40. The molecule has 0 radical (unpaired) electrons. The molecule has 1 fully saturated rings. The van der Waals surface area contributed by atoms with E-state index >= 15 is 0 Å². The lowest BCUT2D eigenvalue weighted by molar-refractivity contribution is 0.242. The predicted molar refractivity (Wildman–Crippen MR) is 68.0 cm³/mol. The van der Waals surface area contributed by atoms with E-state index in [1.54, 1.807) is 24.3 Å². The van der Waals surface area contributed by atoms with Crippen molar-refractivity contribution in [3.8, 4) is 6.07 Å². The number of aliphatic hydroxyl groups is 1. The third kappa shape index (κ3) is 1.91. The summed E-state index contributed by atoms with van der Waals surface area (Å²) in [4.78, 5) is 0. The van der Waals surface area contributed by atoms with Gasteiger partial charge in [0.25, 0.3) is 0 Å². The maximum absolute atomic E-state index is 11.7. The normalized spacial score (nSPS) is 30.8. The highest BCUT2D eigenvalue weighted by molar-refractivity contribution is 7.91. The lowest BCUT2D eigenvalue weighted by Crippen LogP contribution is -2.16. The molecule has 96 valence electrons. The molecule has 0 amide bonds. The molecule has 1 aliphatic carbocycles. The average Bonchev–Trinajstić information content (AvgIpc) is 2.98. The van der Waals surface area contributed by atoms with Gasteiger partial charge in [0.15, 0.2) is 9.84 Å². The number of rotatable bonds is 3. The second kappa shape index (κ2) is 4.23. The predicted octanol–water partition coefficient (Wildman–Crippen LogP) is 1.35. The van der Waals surface area contributed by atoms with Gasteiger partial charge in [-0.25, -0.2) is 8.42 Å². The monoisotopic (exact) mass is 285 g/mol. The van der Waals surface area contributed by atoms with Crippen LogP contribution in [0.4, 0.5) is 0 Å². The van der Waals surface area contributed by atoms with Gasteiger partial charge in [0.1, 0.15) is 5.41 Å². The van der Waals surface area contributed by atoms with Crippen molar-refractivity contribution >= 4 is 21.4 Å². The van der Waals surface area contributed by atoms with Gasteiger partial charge < -0.3 is 5.11 Å². The quantitative estimate of drug-likeness (QED) is 0.909. The molecule has 0 bridgehead atoms. The summed E-state index contributed by atoms with van der Waals surface area (Å²) in [5.41, 5.74) is -0.563. The smallest absolute Gasteiger partial charge is 0.152 e. The summed E-state index contributed by atoms with van der Waals surface area (Å²) >= 11 is 5.86. The van der Waals surface area contributed by atoms with Gasteiger partial charge in [0.05, 0.1) is 17.9 Å². The van der Waals surface area contributed by atoms with Crippen molar-refractivity contribution in [2.45, 2.75) is 11.2 Å². The number of halogens is 1. The lowest BCUT2D eigenvalue weighted by Gasteiger charge is -2.03. The van der Waals surface area contributed by atoms with Crippen LogP contribution in [0.2, 0.25) is 5.02 Å². The van der Waals surface area contributed by atoms with E-state index in [-0.39, 0.29) is 0 Å². The van der Waals surface area contributed by atoms with Crippen LogP contribution in [0, 0.1) is 16.7 Å². The fraction of sp³-hybridized carbons (Fsp3) is 0.417. The standard InChI is InChI=1S/C12H12ClNO3S/c1-18(16,17)11-10(12(11,6-14)7-15)8-3-2-4-9(13)5-8/h2-5,10-11,15H,7H2,1H3/t10-,11+,12-/m1/s1. The highest BCUT2D eigenvalue weighted by Crippen LogP contribution is 2.62. The lowest BCUT2D eigenvalue weighted by atomic mass is 10.0. The highest BCUT2D eigenvalue weighted by atomic mass is 35.5. The number of sulfone groups is 1. The Hall–Kier alpha value is -1.09. The number of hydrogen-bond acceptors (Lipinski definition) is 4. The van der Waals surface area contributed by atoms with Crippen LogP contribution in [0.25, 0.3) is 0 Å². The van der Waals surface area contributed by atoms with Crippen molar-refractivity contribution in [2.75, 3.05) is 12.9 Å². The molecular formula is C12H12ClNO3S. The van der Waals surface area contributed by atoms with Crippen molar-refractivity contribution in [2.24, 2.45) is 5.41 Å². The second-order valence-electron chi connectivity index (χ2n) is 4.59. The summed E-state index contributed by atoms with van der Waals surface area (Å²) in [7, 11) is -3.40. The van der Waals surface area contributed by atoms with Crippen molar-refractivity contribution in [1.82, 2.24) is 0 Å². The van der Waals surface area contributed by atoms with Crippen LogP contribution in [0.15, 0.2) is 24.3 Å². The van der Waals surface area contributed by atoms with Crippen molar-refractivity contribution < 1.29 is 13.5 Å². The Bertz CT molecular complexity index is 622. The SMILES string of the molecule is CS(=O)(=O)[C@H]1[C@@H](c2cccc(Cl)c2)[C@@]1(C#N)CO. The zero-order chi connectivity index (χ0) is 13.6. The Morgan fingerprint density at radius 3 is 2.61 bits per heavy atom. The summed E-state index contributed by atoms with van der Waals surface area (Å²) in [6, 6.07) is 8.70. The molecule has 0 heterocycles. The number of benzene rings is 1. The molecule has 1 aromatic rings. The molecule has 0 saturated heterocycles. The topological polar surface area (TPSA) is 78.2 Å². The van der Waals surface area contributed by atoms with Gasteiger partial charge >= 0.3 is 0 Å². The van der Waals surface area contributed by atoms with Gasteiger partial charge in [-0.05, 0) is 17.7 Å². The largest absolute Gasteiger partial charge is 0.395 e. The molecule has 2 rings (SSSR count). The van der Waals surface area contributed by atoms with E-state index in [2.05, 4.69) is 0 Å². The molecule has 3 atom stereocenters. The molecule has 6 heteroatoms. The molecule has 0 spiro atoms. The molecule has 4 nitrogen and oxygen atoms in total. The fourth-order valence-corrected chi connectivity index (χ4v) is 4.62. The van der Waals surface area contributed by atoms with Crippen molar-refractivity contribution in [3.05, 3.63) is 34.9 Å². The maximum atomic E-state index is 11.7. The van der Waals surface area contributed by atoms with Crippen LogP contribution in [0.5, 0.6) is 0 Å². The average molecular weight is 286 g/mol. The van der Waals surface area contributed by atoms with Crippen molar-refractivity contribution in [3.63, 3.8) is 0 Å². The second-order valence-corrected chi connectivity index (χ2v) is 7.20. The van der Waals surface area contributed by atoms with Crippen LogP contribution < -0.4 is 0 Å². The van der Waals surface area contributed by atoms with Crippen LogP contribution in [0.1, 0.15) is 11.5 Å². The number of nitrogens with zero attached hydrogens (tertiary/aromatic N) is 1. The Morgan fingerprint density at radius 1 is 1.56 bits per heavy atom. The zero-order valence-corrected chi connectivity index (χ0v) is 11.2. The molecule has 1 N–H and O–H groups in total. The number of hydrogen-bond donors (Lipinski definition) is 1. The Balaban J connectivity index is 2.49. The molecule has 0 aromatic heterocycles. The molecule has 18 heavy (non-hydrogen) atoms. The summed E-state index contributed by atoms with van der Waals surface area (Å²) < 4.78 is 23.4. The molecule has 0 unspecified atom stereocenters. The molecular weight excluding hydrogens is 274 g/mol. The summed E-state index contributed by atoms with van der Waals surface area (Å²) in [6.45, 7) is -0.474. The van der Waals surface area contributed by atoms with E-state index in [0.29, 0.717) is 10.6 Å². The van der Waals surface area contributed by atoms with E-state index in [4.69, 9.17) is 11.6 Å². The molecule has 0 aliphatic heterocycles. The summed E-state index contributed by atoms with van der Waals surface area (Å²) in [5.74, 6) is -0.513. The summed E-state index contributed by atoms with van der Waals surface area (Å²) in [5, 5.41) is 18.2. The van der Waals surface area contributed by atoms with Gasteiger partial charge in [-0.3, -0.25) is 0 Å². The first-order chi connectivity index (χ1) is 8.36. The first-order valence-electron chi connectivity index (χ1n) is 5.33. The van der Waals surface area contributed by atoms with Crippen LogP contribution in [-0.4, -0.2) is 31.6 Å². The van der Waals surface area contributed by atoms with E-state index < -0.39 is 33.0 Å². The zero-order valence-electron chi connectivity index (χ0n) is 9.67. The minimum Gasteiger partial charge on any atom is -0.395 e. The van der Waals surface area contributed by atoms with Crippen LogP contribution >= 0.6 is 11.6 Å². The van der Waals surface area contributed by atoms with Gasteiger partial charge in [-0.1, -0.05) is 23.7 Å².